The molecule has 2 aromatic rings. The number of hydrogen-bond donors (Lipinski definition) is 1. The van der Waals surface area contributed by atoms with Gasteiger partial charge in [0, 0.05) is 29.7 Å². The number of fused-ring (bicyclic) bond motifs is 1. The molecular weight excluding hydrogens is 294 g/mol. The Labute approximate surface area is 139 Å². The van der Waals surface area contributed by atoms with Gasteiger partial charge in [0.1, 0.15) is 0 Å². The van der Waals surface area contributed by atoms with E-state index in [-0.39, 0.29) is 18.4 Å². The van der Waals surface area contributed by atoms with E-state index in [0.29, 0.717) is 6.04 Å². The minimum absolute atomic E-state index is 0. The monoisotopic (exact) mass is 319 g/mol. The van der Waals surface area contributed by atoms with Crippen molar-refractivity contribution in [2.75, 3.05) is 6.54 Å². The molecule has 1 aromatic carbocycles. The number of likely N-dealkylation sites (tertiary alicyclic amines) is 1. The Morgan fingerprint density at radius 1 is 1.27 bits per heavy atom. The van der Waals surface area contributed by atoms with E-state index in [9.17, 15) is 0 Å². The van der Waals surface area contributed by atoms with Crippen molar-refractivity contribution in [3.8, 4) is 0 Å². The fourth-order valence-electron chi connectivity index (χ4n) is 3.42. The maximum Gasteiger partial charge on any atom is 0.0705 e. The van der Waals surface area contributed by atoms with Crippen molar-refractivity contribution in [3.05, 3.63) is 41.6 Å². The van der Waals surface area contributed by atoms with Gasteiger partial charge in [-0.05, 0) is 57.0 Å². The molecule has 2 atom stereocenters. The summed E-state index contributed by atoms with van der Waals surface area (Å²) in [6, 6.07) is 11.6. The van der Waals surface area contributed by atoms with Crippen LogP contribution in [0.2, 0.25) is 0 Å². The molecule has 0 spiro atoms. The fourth-order valence-corrected chi connectivity index (χ4v) is 3.42. The van der Waals surface area contributed by atoms with E-state index in [1.54, 1.807) is 0 Å². The first kappa shape index (κ1) is 17.2. The topological polar surface area (TPSA) is 42.1 Å². The number of hydrogen-bond acceptors (Lipinski definition) is 3. The van der Waals surface area contributed by atoms with Crippen molar-refractivity contribution in [3.63, 3.8) is 0 Å². The van der Waals surface area contributed by atoms with Gasteiger partial charge in [0.2, 0.25) is 0 Å². The summed E-state index contributed by atoms with van der Waals surface area (Å²) in [5.41, 5.74) is 9.69. The van der Waals surface area contributed by atoms with Gasteiger partial charge < -0.3 is 5.73 Å². The van der Waals surface area contributed by atoms with E-state index in [4.69, 9.17) is 5.73 Å². The molecule has 1 saturated heterocycles. The molecule has 3 nitrogen and oxygen atoms in total. The Morgan fingerprint density at radius 2 is 2.09 bits per heavy atom. The third-order valence-corrected chi connectivity index (χ3v) is 4.55. The Bertz CT molecular complexity index is 627. The molecular formula is C18H26ClN3. The predicted octanol–water partition coefficient (Wildman–Crippen LogP) is 3.67. The van der Waals surface area contributed by atoms with Gasteiger partial charge in [0.25, 0.3) is 0 Å². The highest BCUT2D eigenvalue weighted by Gasteiger charge is 2.25. The Hall–Kier alpha value is -1.16. The maximum absolute atomic E-state index is 6.17. The van der Waals surface area contributed by atoms with Gasteiger partial charge in [0.05, 0.1) is 5.52 Å². The average molecular weight is 320 g/mol. The summed E-state index contributed by atoms with van der Waals surface area (Å²) in [4.78, 5) is 7.13. The largest absolute Gasteiger partial charge is 0.327 e. The number of nitrogens with zero attached hydrogens (tertiary/aromatic N) is 2. The van der Waals surface area contributed by atoms with Crippen molar-refractivity contribution in [1.29, 1.82) is 0 Å². The molecule has 1 aromatic heterocycles. The van der Waals surface area contributed by atoms with Crippen LogP contribution in [0, 0.1) is 6.92 Å². The first-order valence-corrected chi connectivity index (χ1v) is 7.99. The number of rotatable bonds is 3. The lowest BCUT2D eigenvalue weighted by Gasteiger charge is -2.38. The van der Waals surface area contributed by atoms with E-state index in [1.807, 2.05) is 6.92 Å². The van der Waals surface area contributed by atoms with E-state index >= 15 is 0 Å². The summed E-state index contributed by atoms with van der Waals surface area (Å²) < 4.78 is 0. The van der Waals surface area contributed by atoms with Gasteiger partial charge in [-0.1, -0.05) is 18.6 Å². The molecule has 0 bridgehead atoms. The summed E-state index contributed by atoms with van der Waals surface area (Å²) in [7, 11) is 0. The number of aryl methyl sites for hydroxylation is 1. The SMILES string of the molecule is Cc1ccc2cc(CN3CCCCC3C(C)N)ccc2n1.Cl. The lowest BCUT2D eigenvalue weighted by molar-refractivity contribution is 0.123. The third-order valence-electron chi connectivity index (χ3n) is 4.55. The molecule has 0 amide bonds. The number of nitrogens with two attached hydrogens (primary N) is 1. The van der Waals surface area contributed by atoms with Gasteiger partial charge in [-0.3, -0.25) is 9.88 Å². The molecule has 3 rings (SSSR count). The van der Waals surface area contributed by atoms with Crippen LogP contribution in [-0.2, 0) is 6.54 Å². The van der Waals surface area contributed by atoms with Crippen LogP contribution in [0.4, 0.5) is 0 Å². The Balaban J connectivity index is 0.00000176. The lowest BCUT2D eigenvalue weighted by atomic mass is 9.96. The molecule has 1 aliphatic heterocycles. The van der Waals surface area contributed by atoms with Crippen molar-refractivity contribution >= 4 is 23.3 Å². The minimum atomic E-state index is 0. The van der Waals surface area contributed by atoms with Crippen molar-refractivity contribution < 1.29 is 0 Å². The van der Waals surface area contributed by atoms with E-state index in [1.165, 1.54) is 30.2 Å². The summed E-state index contributed by atoms with van der Waals surface area (Å²) in [6.45, 7) is 6.33. The molecule has 0 radical (unpaired) electrons. The average Bonchev–Trinajstić information content (AvgIpc) is 2.48. The second kappa shape index (κ2) is 7.40. The number of benzene rings is 1. The third kappa shape index (κ3) is 3.78. The molecule has 4 heteroatoms. The molecule has 1 aliphatic rings. The standard InChI is InChI=1S/C18H25N3.ClH/c1-13-6-8-16-11-15(7-9-17(16)20-13)12-21-10-4-3-5-18(21)14(2)19;/h6-9,11,14,18H,3-5,10,12,19H2,1-2H3;1H. The number of halogens is 1. The van der Waals surface area contributed by atoms with Crippen molar-refractivity contribution in [1.82, 2.24) is 9.88 Å². The summed E-state index contributed by atoms with van der Waals surface area (Å²) in [6.07, 6.45) is 3.83. The van der Waals surface area contributed by atoms with Crippen LogP contribution in [-0.4, -0.2) is 28.5 Å². The normalized spacial score (nSPS) is 20.6. The molecule has 2 unspecified atom stereocenters. The zero-order valence-corrected chi connectivity index (χ0v) is 14.3. The van der Waals surface area contributed by atoms with Gasteiger partial charge in [0.15, 0.2) is 0 Å². The highest BCUT2D eigenvalue weighted by atomic mass is 35.5. The maximum atomic E-state index is 6.17. The zero-order chi connectivity index (χ0) is 14.8. The molecule has 2 heterocycles. The van der Waals surface area contributed by atoms with E-state index in [0.717, 1.165) is 24.3 Å². The molecule has 1 fully saturated rings. The summed E-state index contributed by atoms with van der Waals surface area (Å²) in [5.74, 6) is 0. The Kier molecular flexibility index (Phi) is 5.79. The molecule has 0 saturated carbocycles. The minimum Gasteiger partial charge on any atom is -0.327 e. The highest BCUT2D eigenvalue weighted by molar-refractivity contribution is 5.85. The fraction of sp³-hybridized carbons (Fsp3) is 0.500. The first-order valence-electron chi connectivity index (χ1n) is 7.99. The van der Waals surface area contributed by atoms with Gasteiger partial charge >= 0.3 is 0 Å². The molecule has 22 heavy (non-hydrogen) atoms. The van der Waals surface area contributed by atoms with Crippen LogP contribution in [0.1, 0.15) is 37.4 Å². The second-order valence-corrected chi connectivity index (χ2v) is 6.37. The zero-order valence-electron chi connectivity index (χ0n) is 13.5. The van der Waals surface area contributed by atoms with Crippen molar-refractivity contribution in [2.24, 2.45) is 5.73 Å². The number of aromatic nitrogens is 1. The van der Waals surface area contributed by atoms with E-state index in [2.05, 4.69) is 47.1 Å². The van der Waals surface area contributed by atoms with Crippen LogP contribution >= 0.6 is 12.4 Å². The first-order chi connectivity index (χ1) is 10.1. The van der Waals surface area contributed by atoms with Crippen LogP contribution in [0.5, 0.6) is 0 Å². The van der Waals surface area contributed by atoms with Crippen LogP contribution in [0.15, 0.2) is 30.3 Å². The second-order valence-electron chi connectivity index (χ2n) is 6.37. The van der Waals surface area contributed by atoms with Crippen LogP contribution < -0.4 is 5.73 Å². The summed E-state index contributed by atoms with van der Waals surface area (Å²) in [5, 5.41) is 1.23. The van der Waals surface area contributed by atoms with Gasteiger partial charge in [-0.25, -0.2) is 0 Å². The Morgan fingerprint density at radius 3 is 2.86 bits per heavy atom. The van der Waals surface area contributed by atoms with E-state index < -0.39 is 0 Å². The lowest BCUT2D eigenvalue weighted by Crippen LogP contribution is -2.48. The van der Waals surface area contributed by atoms with Crippen LogP contribution in [0.3, 0.4) is 0 Å². The summed E-state index contributed by atoms with van der Waals surface area (Å²) >= 11 is 0. The van der Waals surface area contributed by atoms with Crippen molar-refractivity contribution in [2.45, 2.75) is 51.7 Å². The highest BCUT2D eigenvalue weighted by Crippen LogP contribution is 2.23. The predicted molar refractivity (Wildman–Crippen MR) is 95.4 cm³/mol. The van der Waals surface area contributed by atoms with Gasteiger partial charge in [-0.2, -0.15) is 0 Å². The molecule has 120 valence electrons. The van der Waals surface area contributed by atoms with Gasteiger partial charge in [-0.15, -0.1) is 12.4 Å². The quantitative estimate of drug-likeness (QED) is 0.938. The molecule has 0 aliphatic carbocycles. The molecule has 2 N–H and O–H groups in total. The number of pyridine rings is 1. The smallest absolute Gasteiger partial charge is 0.0705 e. The number of piperidine rings is 1. The van der Waals surface area contributed by atoms with Crippen LogP contribution in [0.25, 0.3) is 10.9 Å².